The van der Waals surface area contributed by atoms with Gasteiger partial charge in [0, 0.05) is 6.07 Å². The Hall–Kier alpha value is -1.25. The highest BCUT2D eigenvalue weighted by molar-refractivity contribution is 5.26. The molecule has 0 aromatic carbocycles. The largest absolute Gasteiger partial charge is 0.507 e. The third-order valence-electron chi connectivity index (χ3n) is 2.24. The molecule has 1 heterocycles. The standard InChI is InChI=1S/C11H16O3/c1-2-3-4-5-6-9-10(12)7-8-14-11(9)13/h7-8,12H,2-6H2,1H3. The van der Waals surface area contributed by atoms with Crippen molar-refractivity contribution in [2.75, 3.05) is 0 Å². The molecule has 0 spiro atoms. The SMILES string of the molecule is CCCCCCc1c(O)ccoc1=O. The van der Waals surface area contributed by atoms with Crippen LogP contribution in [0.1, 0.15) is 38.2 Å². The van der Waals surface area contributed by atoms with Gasteiger partial charge in [0.15, 0.2) is 0 Å². The van der Waals surface area contributed by atoms with Crippen LogP contribution in [-0.4, -0.2) is 5.11 Å². The van der Waals surface area contributed by atoms with Gasteiger partial charge in [0.2, 0.25) is 0 Å². The van der Waals surface area contributed by atoms with Crippen LogP contribution >= 0.6 is 0 Å². The Morgan fingerprint density at radius 2 is 2.14 bits per heavy atom. The molecule has 0 radical (unpaired) electrons. The van der Waals surface area contributed by atoms with Crippen molar-refractivity contribution in [2.45, 2.75) is 39.0 Å². The van der Waals surface area contributed by atoms with Gasteiger partial charge in [-0.2, -0.15) is 0 Å². The molecule has 0 aliphatic rings. The highest BCUT2D eigenvalue weighted by atomic mass is 16.4. The fourth-order valence-corrected chi connectivity index (χ4v) is 1.40. The van der Waals surface area contributed by atoms with Crippen LogP contribution in [0.3, 0.4) is 0 Å². The fourth-order valence-electron chi connectivity index (χ4n) is 1.40. The highest BCUT2D eigenvalue weighted by Crippen LogP contribution is 2.14. The lowest BCUT2D eigenvalue weighted by molar-refractivity contribution is 0.432. The minimum absolute atomic E-state index is 0.0535. The smallest absolute Gasteiger partial charge is 0.342 e. The van der Waals surface area contributed by atoms with Gasteiger partial charge >= 0.3 is 5.63 Å². The maximum atomic E-state index is 11.2. The minimum Gasteiger partial charge on any atom is -0.507 e. The molecule has 0 saturated carbocycles. The lowest BCUT2D eigenvalue weighted by Gasteiger charge is -2.01. The molecular weight excluding hydrogens is 180 g/mol. The third kappa shape index (κ3) is 2.91. The topological polar surface area (TPSA) is 50.4 Å². The van der Waals surface area contributed by atoms with E-state index in [-0.39, 0.29) is 5.75 Å². The summed E-state index contributed by atoms with van der Waals surface area (Å²) in [5.41, 5.74) is -0.00917. The second kappa shape index (κ2) is 5.47. The molecule has 0 saturated heterocycles. The van der Waals surface area contributed by atoms with E-state index in [9.17, 15) is 9.90 Å². The molecule has 14 heavy (non-hydrogen) atoms. The zero-order valence-electron chi connectivity index (χ0n) is 8.45. The number of hydrogen-bond donors (Lipinski definition) is 1. The van der Waals surface area contributed by atoms with Gasteiger partial charge in [0.1, 0.15) is 5.75 Å². The first-order valence-corrected chi connectivity index (χ1v) is 5.05. The van der Waals surface area contributed by atoms with Gasteiger partial charge in [-0.1, -0.05) is 26.2 Å². The molecule has 0 unspecified atom stereocenters. The predicted octanol–water partition coefficient (Wildman–Crippen LogP) is 2.47. The van der Waals surface area contributed by atoms with Gasteiger partial charge in [0.05, 0.1) is 11.8 Å². The number of aromatic hydroxyl groups is 1. The molecule has 1 rings (SSSR count). The van der Waals surface area contributed by atoms with Crippen molar-refractivity contribution in [3.63, 3.8) is 0 Å². The zero-order chi connectivity index (χ0) is 10.4. The van der Waals surface area contributed by atoms with Crippen molar-refractivity contribution in [3.05, 3.63) is 28.3 Å². The van der Waals surface area contributed by atoms with E-state index >= 15 is 0 Å². The van der Waals surface area contributed by atoms with E-state index in [0.717, 1.165) is 19.3 Å². The second-order valence-corrected chi connectivity index (χ2v) is 3.38. The summed E-state index contributed by atoms with van der Waals surface area (Å²) in [6, 6.07) is 1.41. The van der Waals surface area contributed by atoms with Gasteiger partial charge in [-0.05, 0) is 12.8 Å². The van der Waals surface area contributed by atoms with Crippen LogP contribution in [0.5, 0.6) is 5.75 Å². The minimum atomic E-state index is -0.415. The molecule has 3 nitrogen and oxygen atoms in total. The maximum Gasteiger partial charge on any atom is 0.342 e. The number of rotatable bonds is 5. The Kier molecular flexibility index (Phi) is 4.23. The summed E-state index contributed by atoms with van der Waals surface area (Å²) in [6.45, 7) is 2.13. The van der Waals surface area contributed by atoms with Crippen molar-refractivity contribution in [3.8, 4) is 5.75 Å². The summed E-state index contributed by atoms with van der Waals surface area (Å²) in [5.74, 6) is 0.0535. The van der Waals surface area contributed by atoms with Gasteiger partial charge in [-0.15, -0.1) is 0 Å². The van der Waals surface area contributed by atoms with Crippen LogP contribution in [0, 0.1) is 0 Å². The van der Waals surface area contributed by atoms with E-state index in [4.69, 9.17) is 0 Å². The van der Waals surface area contributed by atoms with Crippen molar-refractivity contribution in [1.82, 2.24) is 0 Å². The van der Waals surface area contributed by atoms with Gasteiger partial charge in [-0.3, -0.25) is 0 Å². The predicted molar refractivity (Wildman–Crippen MR) is 54.5 cm³/mol. The number of unbranched alkanes of at least 4 members (excludes halogenated alkanes) is 3. The third-order valence-corrected chi connectivity index (χ3v) is 2.24. The van der Waals surface area contributed by atoms with Crippen molar-refractivity contribution in [2.24, 2.45) is 0 Å². The molecule has 1 aromatic heterocycles. The van der Waals surface area contributed by atoms with Gasteiger partial charge in [0.25, 0.3) is 0 Å². The van der Waals surface area contributed by atoms with Crippen LogP contribution in [0.2, 0.25) is 0 Å². The van der Waals surface area contributed by atoms with Crippen LogP contribution < -0.4 is 5.63 Å². The molecule has 0 fully saturated rings. The maximum absolute atomic E-state index is 11.2. The molecule has 0 amide bonds. The molecule has 78 valence electrons. The van der Waals surface area contributed by atoms with Gasteiger partial charge < -0.3 is 9.52 Å². The second-order valence-electron chi connectivity index (χ2n) is 3.38. The van der Waals surface area contributed by atoms with Crippen LogP contribution in [0.25, 0.3) is 0 Å². The van der Waals surface area contributed by atoms with Crippen LogP contribution in [0.15, 0.2) is 21.5 Å². The normalized spacial score (nSPS) is 10.4. The highest BCUT2D eigenvalue weighted by Gasteiger charge is 2.06. The summed E-state index contributed by atoms with van der Waals surface area (Å²) in [6.07, 6.45) is 6.16. The van der Waals surface area contributed by atoms with E-state index < -0.39 is 5.63 Å². The number of hydrogen-bond acceptors (Lipinski definition) is 3. The Bertz CT molecular complexity index is 328. The molecule has 1 N–H and O–H groups in total. The Labute approximate surface area is 83.4 Å². The van der Waals surface area contributed by atoms with E-state index in [1.165, 1.54) is 18.8 Å². The average molecular weight is 196 g/mol. The lowest BCUT2D eigenvalue weighted by Crippen LogP contribution is -2.06. The Balaban J connectivity index is 2.54. The summed E-state index contributed by atoms with van der Waals surface area (Å²) in [4.78, 5) is 11.2. The Morgan fingerprint density at radius 1 is 1.36 bits per heavy atom. The van der Waals surface area contributed by atoms with Crippen molar-refractivity contribution < 1.29 is 9.52 Å². The van der Waals surface area contributed by atoms with E-state index in [2.05, 4.69) is 11.3 Å². The monoisotopic (exact) mass is 196 g/mol. The van der Waals surface area contributed by atoms with Crippen LogP contribution in [-0.2, 0) is 6.42 Å². The van der Waals surface area contributed by atoms with E-state index in [1.54, 1.807) is 0 Å². The summed E-state index contributed by atoms with van der Waals surface area (Å²) >= 11 is 0. The van der Waals surface area contributed by atoms with Gasteiger partial charge in [-0.25, -0.2) is 4.79 Å². The van der Waals surface area contributed by atoms with E-state index in [0.29, 0.717) is 12.0 Å². The first-order chi connectivity index (χ1) is 6.75. The molecule has 1 aromatic rings. The average Bonchev–Trinajstić information content (AvgIpc) is 2.16. The lowest BCUT2D eigenvalue weighted by atomic mass is 10.1. The van der Waals surface area contributed by atoms with E-state index in [1.807, 2.05) is 0 Å². The first-order valence-electron chi connectivity index (χ1n) is 5.05. The molecule has 0 bridgehead atoms. The summed E-state index contributed by atoms with van der Waals surface area (Å²) in [7, 11) is 0. The molecule has 0 atom stereocenters. The zero-order valence-corrected chi connectivity index (χ0v) is 8.45. The van der Waals surface area contributed by atoms with Crippen molar-refractivity contribution >= 4 is 0 Å². The summed E-state index contributed by atoms with van der Waals surface area (Å²) < 4.78 is 4.68. The fraction of sp³-hybridized carbons (Fsp3) is 0.545. The molecule has 0 aliphatic carbocycles. The first kappa shape index (κ1) is 10.8. The molecular formula is C11H16O3. The molecule has 0 aliphatic heterocycles. The van der Waals surface area contributed by atoms with Crippen molar-refractivity contribution in [1.29, 1.82) is 0 Å². The molecule has 3 heteroatoms. The van der Waals surface area contributed by atoms with Crippen LogP contribution in [0.4, 0.5) is 0 Å². The summed E-state index contributed by atoms with van der Waals surface area (Å²) in [5, 5.41) is 9.39. The Morgan fingerprint density at radius 3 is 2.79 bits per heavy atom. The quantitative estimate of drug-likeness (QED) is 0.736.